The van der Waals surface area contributed by atoms with E-state index in [1.54, 1.807) is 0 Å². The van der Waals surface area contributed by atoms with Crippen molar-refractivity contribution in [3.05, 3.63) is 93.1 Å². The Bertz CT molecular complexity index is 857. The second kappa shape index (κ2) is 7.87. The Balaban J connectivity index is 2.23. The van der Waals surface area contributed by atoms with Gasteiger partial charge in [-0.25, -0.2) is 0 Å². The third-order valence-electron chi connectivity index (χ3n) is 5.60. The van der Waals surface area contributed by atoms with Crippen LogP contribution in [0, 0.1) is 28.9 Å². The molecule has 27 heavy (non-hydrogen) atoms. The summed E-state index contributed by atoms with van der Waals surface area (Å²) in [5.41, 5.74) is 3.34. The first-order chi connectivity index (χ1) is 12.9. The number of benzene rings is 2. The van der Waals surface area contributed by atoms with Crippen LogP contribution in [0.1, 0.15) is 42.4 Å². The average Bonchev–Trinajstić information content (AvgIpc) is 2.66. The predicted octanol–water partition coefficient (Wildman–Crippen LogP) is 4.92. The van der Waals surface area contributed by atoms with Crippen LogP contribution in [-0.4, -0.2) is 17.3 Å². The number of nitro groups is 1. The molecule has 4 heteroatoms. The monoisotopic (exact) mass is 363 g/mol. The lowest BCUT2D eigenvalue weighted by molar-refractivity contribution is -0.532. The number of carbonyl (C=O) groups is 1. The molecule has 0 N–H and O–H groups in total. The fraction of sp³-hybridized carbons (Fsp3) is 0.348. The Kier molecular flexibility index (Phi) is 5.54. The zero-order chi connectivity index (χ0) is 19.6. The van der Waals surface area contributed by atoms with Crippen molar-refractivity contribution < 1.29 is 9.72 Å². The molecular formula is C23H25NO3. The number of nitrogens with zero attached hydrogens (tertiary/aromatic N) is 1. The topological polar surface area (TPSA) is 60.2 Å². The van der Waals surface area contributed by atoms with Crippen LogP contribution in [0.2, 0.25) is 0 Å². The Morgan fingerprint density at radius 1 is 1.04 bits per heavy atom. The molecule has 2 aromatic rings. The molecule has 3 rings (SSSR count). The van der Waals surface area contributed by atoms with Gasteiger partial charge >= 0.3 is 0 Å². The van der Waals surface area contributed by atoms with Crippen molar-refractivity contribution >= 4 is 6.29 Å². The maximum absolute atomic E-state index is 12.3. The molecule has 0 unspecified atom stereocenters. The molecule has 0 bridgehead atoms. The number of aryl methyl sites for hydroxylation is 1. The molecule has 0 radical (unpaired) electrons. The molecule has 1 aliphatic rings. The molecule has 4 atom stereocenters. The lowest BCUT2D eigenvalue weighted by Crippen LogP contribution is -2.43. The van der Waals surface area contributed by atoms with Crippen LogP contribution >= 0.6 is 0 Å². The summed E-state index contributed by atoms with van der Waals surface area (Å²) in [5, 5.41) is 12.3. The second-order valence-electron chi connectivity index (χ2n) is 7.71. The highest BCUT2D eigenvalue weighted by atomic mass is 16.6. The average molecular weight is 363 g/mol. The minimum Gasteiger partial charge on any atom is -0.298 e. The minimum atomic E-state index is -0.883. The number of aldehydes is 1. The molecular weight excluding hydrogens is 338 g/mol. The fourth-order valence-corrected chi connectivity index (χ4v) is 4.38. The van der Waals surface area contributed by atoms with Crippen LogP contribution in [0.4, 0.5) is 0 Å². The normalized spacial score (nSPS) is 25.1. The third-order valence-corrected chi connectivity index (χ3v) is 5.60. The van der Waals surface area contributed by atoms with E-state index in [0.717, 1.165) is 23.0 Å². The van der Waals surface area contributed by atoms with Gasteiger partial charge in [0.2, 0.25) is 6.04 Å². The molecule has 1 aliphatic carbocycles. The van der Waals surface area contributed by atoms with Gasteiger partial charge in [-0.1, -0.05) is 80.1 Å². The predicted molar refractivity (Wildman–Crippen MR) is 106 cm³/mol. The van der Waals surface area contributed by atoms with E-state index < -0.39 is 12.0 Å². The lowest BCUT2D eigenvalue weighted by atomic mass is 9.64. The minimum absolute atomic E-state index is 0.0657. The van der Waals surface area contributed by atoms with Crippen molar-refractivity contribution in [2.24, 2.45) is 11.8 Å². The first-order valence-electron chi connectivity index (χ1n) is 9.36. The Morgan fingerprint density at radius 2 is 1.70 bits per heavy atom. The summed E-state index contributed by atoms with van der Waals surface area (Å²) in [7, 11) is 0. The van der Waals surface area contributed by atoms with Gasteiger partial charge in [-0.05, 0) is 29.9 Å². The molecule has 0 saturated heterocycles. The quantitative estimate of drug-likeness (QED) is 0.430. The number of rotatable bonds is 5. The second-order valence-corrected chi connectivity index (χ2v) is 7.71. The van der Waals surface area contributed by atoms with Crippen LogP contribution < -0.4 is 0 Å². The Morgan fingerprint density at radius 3 is 2.26 bits per heavy atom. The summed E-state index contributed by atoms with van der Waals surface area (Å²) in [6, 6.07) is 16.5. The van der Waals surface area contributed by atoms with Gasteiger partial charge in [-0.3, -0.25) is 14.9 Å². The molecule has 0 fully saturated rings. The molecule has 0 amide bonds. The highest BCUT2D eigenvalue weighted by molar-refractivity contribution is 5.77. The number of carbonyl (C=O) groups excluding carboxylic acids is 1. The smallest absolute Gasteiger partial charge is 0.231 e. The van der Waals surface area contributed by atoms with Crippen LogP contribution in [0.25, 0.3) is 0 Å². The Labute approximate surface area is 160 Å². The van der Waals surface area contributed by atoms with Gasteiger partial charge in [0.1, 0.15) is 6.29 Å². The first-order valence-corrected chi connectivity index (χ1v) is 9.36. The van der Waals surface area contributed by atoms with Gasteiger partial charge in [-0.15, -0.1) is 0 Å². The number of hydrogen-bond acceptors (Lipinski definition) is 3. The highest BCUT2D eigenvalue weighted by Gasteiger charge is 2.49. The fourth-order valence-electron chi connectivity index (χ4n) is 4.38. The zero-order valence-electron chi connectivity index (χ0n) is 15.9. The van der Waals surface area contributed by atoms with Crippen LogP contribution in [-0.2, 0) is 4.79 Å². The standard InChI is InChI=1S/C23H25NO3/c1-15(2)20-13-19(14-25)21(18-11-7-8-16(3)12-18)23(24(26)27)22(20)17-9-5-4-6-10-17/h4-15,20-23H,1-3H3/t20-,21-,22-,23+/m1/s1. The van der Waals surface area contributed by atoms with Crippen molar-refractivity contribution in [3.63, 3.8) is 0 Å². The van der Waals surface area contributed by atoms with E-state index in [-0.39, 0.29) is 22.7 Å². The number of hydrogen-bond donors (Lipinski definition) is 0. The van der Waals surface area contributed by atoms with E-state index in [4.69, 9.17) is 0 Å². The van der Waals surface area contributed by atoms with Gasteiger partial charge in [0.15, 0.2) is 0 Å². The summed E-state index contributed by atoms with van der Waals surface area (Å²) in [6.45, 7) is 6.08. The summed E-state index contributed by atoms with van der Waals surface area (Å²) >= 11 is 0. The summed E-state index contributed by atoms with van der Waals surface area (Å²) in [5.74, 6) is -0.705. The maximum Gasteiger partial charge on any atom is 0.231 e. The highest BCUT2D eigenvalue weighted by Crippen LogP contribution is 2.47. The van der Waals surface area contributed by atoms with Crippen molar-refractivity contribution in [1.82, 2.24) is 0 Å². The zero-order valence-corrected chi connectivity index (χ0v) is 15.9. The molecule has 140 valence electrons. The SMILES string of the molecule is Cc1cccc([C@@H]2C(C=O)=C[C@H](C(C)C)[C@@H](c3ccccc3)[C@H]2[N+](=O)[O-])c1. The van der Waals surface area contributed by atoms with E-state index >= 15 is 0 Å². The van der Waals surface area contributed by atoms with Crippen LogP contribution in [0.3, 0.4) is 0 Å². The third kappa shape index (κ3) is 3.70. The van der Waals surface area contributed by atoms with E-state index in [1.807, 2.05) is 67.6 Å². The summed E-state index contributed by atoms with van der Waals surface area (Å²) in [6.07, 6.45) is 2.78. The van der Waals surface area contributed by atoms with E-state index in [0.29, 0.717) is 5.57 Å². The van der Waals surface area contributed by atoms with E-state index in [9.17, 15) is 14.9 Å². The molecule has 0 aliphatic heterocycles. The molecule has 2 aromatic carbocycles. The van der Waals surface area contributed by atoms with Gasteiger partial charge in [0.05, 0.1) is 11.8 Å². The summed E-state index contributed by atoms with van der Waals surface area (Å²) < 4.78 is 0. The molecule has 0 spiro atoms. The maximum atomic E-state index is 12.3. The van der Waals surface area contributed by atoms with Gasteiger partial charge in [0, 0.05) is 10.5 Å². The molecule has 0 heterocycles. The Hall–Kier alpha value is -2.75. The molecule has 0 saturated carbocycles. The summed E-state index contributed by atoms with van der Waals surface area (Å²) in [4.78, 5) is 24.0. The number of allylic oxidation sites excluding steroid dienone is 1. The van der Waals surface area contributed by atoms with Gasteiger partial charge in [-0.2, -0.15) is 0 Å². The largest absolute Gasteiger partial charge is 0.298 e. The van der Waals surface area contributed by atoms with E-state index in [2.05, 4.69) is 13.8 Å². The lowest BCUT2D eigenvalue weighted by Gasteiger charge is -2.38. The molecule has 0 aromatic heterocycles. The van der Waals surface area contributed by atoms with Crippen molar-refractivity contribution in [3.8, 4) is 0 Å². The van der Waals surface area contributed by atoms with Gasteiger partial charge < -0.3 is 0 Å². The van der Waals surface area contributed by atoms with Crippen LogP contribution in [0.5, 0.6) is 0 Å². The van der Waals surface area contributed by atoms with E-state index in [1.165, 1.54) is 0 Å². The van der Waals surface area contributed by atoms with Crippen molar-refractivity contribution in [2.45, 2.75) is 38.6 Å². The molecule has 4 nitrogen and oxygen atoms in total. The first kappa shape index (κ1) is 19.0. The van der Waals surface area contributed by atoms with Crippen LogP contribution in [0.15, 0.2) is 66.2 Å². The van der Waals surface area contributed by atoms with Crippen molar-refractivity contribution in [2.75, 3.05) is 0 Å². The van der Waals surface area contributed by atoms with Crippen molar-refractivity contribution in [1.29, 1.82) is 0 Å². The van der Waals surface area contributed by atoms with Gasteiger partial charge in [0.25, 0.3) is 0 Å².